The summed E-state index contributed by atoms with van der Waals surface area (Å²) in [7, 11) is 0. The van der Waals surface area contributed by atoms with Crippen molar-refractivity contribution in [1.29, 1.82) is 0 Å². The molecule has 0 amide bonds. The van der Waals surface area contributed by atoms with E-state index in [1.54, 1.807) is 12.1 Å². The number of rotatable bonds is 10. The van der Waals surface area contributed by atoms with E-state index in [1.807, 2.05) is 13.8 Å². The summed E-state index contributed by atoms with van der Waals surface area (Å²) in [5.41, 5.74) is 6.50. The molecule has 0 aliphatic heterocycles. The van der Waals surface area contributed by atoms with Crippen LogP contribution in [0.3, 0.4) is 0 Å². The van der Waals surface area contributed by atoms with Crippen molar-refractivity contribution in [3.8, 4) is 0 Å². The number of pyridine rings is 1. The average Bonchev–Trinajstić information content (AvgIpc) is 2.43. The molecule has 1 aromatic rings. The van der Waals surface area contributed by atoms with Gasteiger partial charge >= 0.3 is 0 Å². The van der Waals surface area contributed by atoms with Crippen LogP contribution in [0.1, 0.15) is 19.5 Å². The van der Waals surface area contributed by atoms with Crippen molar-refractivity contribution in [3.63, 3.8) is 0 Å². The Labute approximate surface area is 126 Å². The summed E-state index contributed by atoms with van der Waals surface area (Å²) in [5.74, 6) is 0.485. The highest BCUT2D eigenvalue weighted by Gasteiger charge is 2.10. The Morgan fingerprint density at radius 2 is 1.75 bits per heavy atom. The molecule has 0 bridgehead atoms. The molecule has 20 heavy (non-hydrogen) atoms. The lowest BCUT2D eigenvalue weighted by Gasteiger charge is -2.22. The summed E-state index contributed by atoms with van der Waals surface area (Å²) in [6.45, 7) is 9.05. The fourth-order valence-electron chi connectivity index (χ4n) is 1.77. The monoisotopic (exact) mass is 301 g/mol. The first-order valence-electron chi connectivity index (χ1n) is 6.96. The topological polar surface area (TPSA) is 60.6 Å². The maximum absolute atomic E-state index is 6.16. The summed E-state index contributed by atoms with van der Waals surface area (Å²) in [6, 6.07) is 3.49. The standard InChI is InChI=1S/C14H24ClN3O2/c1-3-19-9-7-18(8-10-20-4-2)11-13-12(15)5-6-14(16)17-13/h5-6H,3-4,7-11H2,1-2H3,(H2,16,17). The summed E-state index contributed by atoms with van der Waals surface area (Å²) in [6.07, 6.45) is 0. The Balaban J connectivity index is 2.58. The molecule has 0 aromatic carbocycles. The fourth-order valence-corrected chi connectivity index (χ4v) is 1.93. The van der Waals surface area contributed by atoms with E-state index in [2.05, 4.69) is 9.88 Å². The summed E-state index contributed by atoms with van der Waals surface area (Å²) in [4.78, 5) is 6.50. The Morgan fingerprint density at radius 1 is 1.15 bits per heavy atom. The number of aromatic nitrogens is 1. The number of nitrogens with zero attached hydrogens (tertiary/aromatic N) is 2. The third-order valence-electron chi connectivity index (χ3n) is 2.83. The summed E-state index contributed by atoms with van der Waals surface area (Å²) >= 11 is 6.16. The summed E-state index contributed by atoms with van der Waals surface area (Å²) < 4.78 is 10.8. The van der Waals surface area contributed by atoms with Crippen molar-refractivity contribution in [2.75, 3.05) is 45.3 Å². The molecule has 114 valence electrons. The van der Waals surface area contributed by atoms with Gasteiger partial charge in [0.05, 0.1) is 23.9 Å². The lowest BCUT2D eigenvalue weighted by atomic mass is 10.3. The molecule has 0 spiro atoms. The van der Waals surface area contributed by atoms with E-state index >= 15 is 0 Å². The van der Waals surface area contributed by atoms with E-state index in [4.69, 9.17) is 26.8 Å². The van der Waals surface area contributed by atoms with Gasteiger partial charge in [0.15, 0.2) is 0 Å². The third-order valence-corrected chi connectivity index (χ3v) is 3.17. The van der Waals surface area contributed by atoms with Crippen molar-refractivity contribution in [2.24, 2.45) is 0 Å². The second kappa shape index (κ2) is 9.94. The minimum atomic E-state index is 0.485. The van der Waals surface area contributed by atoms with Crippen LogP contribution in [0.15, 0.2) is 12.1 Å². The van der Waals surface area contributed by atoms with Crippen LogP contribution in [-0.2, 0) is 16.0 Å². The van der Waals surface area contributed by atoms with Crippen LogP contribution in [-0.4, -0.2) is 49.4 Å². The van der Waals surface area contributed by atoms with Gasteiger partial charge in [0.1, 0.15) is 5.82 Å². The van der Waals surface area contributed by atoms with E-state index in [9.17, 15) is 0 Å². The van der Waals surface area contributed by atoms with E-state index in [-0.39, 0.29) is 0 Å². The Hall–Kier alpha value is -0.880. The van der Waals surface area contributed by atoms with Gasteiger partial charge in [-0.05, 0) is 26.0 Å². The molecule has 0 unspecified atom stereocenters. The zero-order chi connectivity index (χ0) is 14.8. The van der Waals surface area contributed by atoms with Crippen molar-refractivity contribution in [3.05, 3.63) is 22.8 Å². The van der Waals surface area contributed by atoms with Gasteiger partial charge in [-0.1, -0.05) is 11.6 Å². The highest BCUT2D eigenvalue weighted by Crippen LogP contribution is 2.17. The number of halogens is 1. The molecular formula is C14H24ClN3O2. The highest BCUT2D eigenvalue weighted by molar-refractivity contribution is 6.31. The predicted octanol–water partition coefficient (Wildman–Crippen LogP) is 2.19. The zero-order valence-electron chi connectivity index (χ0n) is 12.3. The number of nitrogen functional groups attached to an aromatic ring is 1. The van der Waals surface area contributed by atoms with Gasteiger partial charge in [0, 0.05) is 32.8 Å². The Bertz CT molecular complexity index is 381. The fraction of sp³-hybridized carbons (Fsp3) is 0.643. The largest absolute Gasteiger partial charge is 0.384 e. The number of hydrogen-bond acceptors (Lipinski definition) is 5. The van der Waals surface area contributed by atoms with Crippen molar-refractivity contribution >= 4 is 17.4 Å². The number of nitrogens with two attached hydrogens (primary N) is 1. The van der Waals surface area contributed by atoms with Gasteiger partial charge in [-0.15, -0.1) is 0 Å². The normalized spacial score (nSPS) is 11.2. The van der Waals surface area contributed by atoms with Gasteiger partial charge in [-0.2, -0.15) is 0 Å². The molecule has 1 heterocycles. The number of ether oxygens (including phenoxy) is 2. The summed E-state index contributed by atoms with van der Waals surface area (Å²) in [5, 5.41) is 0.636. The molecule has 1 rings (SSSR count). The predicted molar refractivity (Wildman–Crippen MR) is 81.9 cm³/mol. The van der Waals surface area contributed by atoms with Gasteiger partial charge < -0.3 is 15.2 Å². The maximum atomic E-state index is 6.16. The number of anilines is 1. The van der Waals surface area contributed by atoms with E-state index in [0.717, 1.165) is 32.0 Å². The van der Waals surface area contributed by atoms with Crippen LogP contribution in [0.2, 0.25) is 5.02 Å². The van der Waals surface area contributed by atoms with E-state index in [0.29, 0.717) is 30.6 Å². The molecule has 2 N–H and O–H groups in total. The first kappa shape index (κ1) is 17.2. The van der Waals surface area contributed by atoms with Crippen LogP contribution in [0.4, 0.5) is 5.82 Å². The third kappa shape index (κ3) is 6.52. The van der Waals surface area contributed by atoms with Crippen LogP contribution in [0.5, 0.6) is 0 Å². The minimum Gasteiger partial charge on any atom is -0.384 e. The Kier molecular flexibility index (Phi) is 8.53. The maximum Gasteiger partial charge on any atom is 0.123 e. The van der Waals surface area contributed by atoms with Gasteiger partial charge in [-0.3, -0.25) is 4.90 Å². The average molecular weight is 302 g/mol. The number of hydrogen-bond donors (Lipinski definition) is 1. The first-order valence-corrected chi connectivity index (χ1v) is 7.33. The molecule has 0 fully saturated rings. The van der Waals surface area contributed by atoms with Crippen LogP contribution in [0, 0.1) is 0 Å². The van der Waals surface area contributed by atoms with Crippen LogP contribution in [0.25, 0.3) is 0 Å². The molecular weight excluding hydrogens is 278 g/mol. The Morgan fingerprint density at radius 3 is 2.30 bits per heavy atom. The van der Waals surface area contributed by atoms with Crippen LogP contribution < -0.4 is 5.73 Å². The quantitative estimate of drug-likeness (QED) is 0.671. The van der Waals surface area contributed by atoms with Crippen molar-refractivity contribution in [1.82, 2.24) is 9.88 Å². The second-order valence-electron chi connectivity index (χ2n) is 4.33. The molecule has 0 radical (unpaired) electrons. The molecule has 5 nitrogen and oxygen atoms in total. The lowest BCUT2D eigenvalue weighted by Crippen LogP contribution is -2.31. The molecule has 0 aliphatic carbocycles. The molecule has 0 atom stereocenters. The highest BCUT2D eigenvalue weighted by atomic mass is 35.5. The van der Waals surface area contributed by atoms with Gasteiger partial charge in [-0.25, -0.2) is 4.98 Å². The van der Waals surface area contributed by atoms with E-state index in [1.165, 1.54) is 0 Å². The molecule has 0 saturated heterocycles. The van der Waals surface area contributed by atoms with E-state index < -0.39 is 0 Å². The molecule has 0 saturated carbocycles. The van der Waals surface area contributed by atoms with Crippen LogP contribution >= 0.6 is 11.6 Å². The smallest absolute Gasteiger partial charge is 0.123 e. The SMILES string of the molecule is CCOCCN(CCOCC)Cc1nc(N)ccc1Cl. The van der Waals surface area contributed by atoms with Crippen molar-refractivity contribution < 1.29 is 9.47 Å². The minimum absolute atomic E-state index is 0.485. The molecule has 6 heteroatoms. The molecule has 1 aromatic heterocycles. The zero-order valence-corrected chi connectivity index (χ0v) is 13.0. The second-order valence-corrected chi connectivity index (χ2v) is 4.74. The molecule has 0 aliphatic rings. The first-order chi connectivity index (χ1) is 9.67. The van der Waals surface area contributed by atoms with Crippen molar-refractivity contribution in [2.45, 2.75) is 20.4 Å². The van der Waals surface area contributed by atoms with Gasteiger partial charge in [0.2, 0.25) is 0 Å². The van der Waals surface area contributed by atoms with Gasteiger partial charge in [0.25, 0.3) is 0 Å². The lowest BCUT2D eigenvalue weighted by molar-refractivity contribution is 0.0793.